The fourth-order valence-electron chi connectivity index (χ4n) is 1.66. The molecule has 0 spiro atoms. The summed E-state index contributed by atoms with van der Waals surface area (Å²) in [5.74, 6) is -0.290. The normalized spacial score (nSPS) is 13.5. The third kappa shape index (κ3) is 5.56. The molecule has 4 nitrogen and oxygen atoms in total. The second-order valence-corrected chi connectivity index (χ2v) is 6.94. The van der Waals surface area contributed by atoms with Crippen molar-refractivity contribution in [3.63, 3.8) is 0 Å². The Morgan fingerprint density at radius 1 is 1.42 bits per heavy atom. The second-order valence-electron chi connectivity index (χ2n) is 4.16. The molecule has 0 bridgehead atoms. The molecule has 0 heterocycles. The first-order valence-corrected chi connectivity index (χ1v) is 8.46. The molecule has 0 saturated carbocycles. The van der Waals surface area contributed by atoms with Crippen molar-refractivity contribution in [2.75, 3.05) is 18.8 Å². The van der Waals surface area contributed by atoms with Crippen molar-refractivity contribution in [1.29, 1.82) is 0 Å². The van der Waals surface area contributed by atoms with Crippen LogP contribution in [0.4, 0.5) is 4.39 Å². The standard InChI is InChI=1S/C12H18BrFN2O2S/c1-3-16-19(17,18)7-6-15-9(2)11-5-4-10(14)8-12(11)13/h4-5,8-9,15-16H,3,6-7H2,1-2H3. The quantitative estimate of drug-likeness (QED) is 0.790. The van der Waals surface area contributed by atoms with Gasteiger partial charge in [-0.3, -0.25) is 0 Å². The Bertz CT molecular complexity index is 522. The van der Waals surface area contributed by atoms with Gasteiger partial charge >= 0.3 is 0 Å². The van der Waals surface area contributed by atoms with E-state index < -0.39 is 10.0 Å². The summed E-state index contributed by atoms with van der Waals surface area (Å²) in [7, 11) is -3.21. The summed E-state index contributed by atoms with van der Waals surface area (Å²) in [5.41, 5.74) is 0.891. The van der Waals surface area contributed by atoms with E-state index in [-0.39, 0.29) is 17.6 Å². The molecule has 1 aromatic rings. The van der Waals surface area contributed by atoms with Crippen LogP contribution in [-0.2, 0) is 10.0 Å². The maximum Gasteiger partial charge on any atom is 0.212 e. The molecule has 0 aromatic heterocycles. The molecule has 0 amide bonds. The van der Waals surface area contributed by atoms with E-state index in [1.165, 1.54) is 12.1 Å². The van der Waals surface area contributed by atoms with Crippen LogP contribution in [-0.4, -0.2) is 27.3 Å². The molecular weight excluding hydrogens is 335 g/mol. The molecule has 108 valence electrons. The summed E-state index contributed by atoms with van der Waals surface area (Å²) < 4.78 is 39.0. The fourth-order valence-corrected chi connectivity index (χ4v) is 3.33. The van der Waals surface area contributed by atoms with Crippen molar-refractivity contribution in [3.05, 3.63) is 34.1 Å². The summed E-state index contributed by atoms with van der Waals surface area (Å²) in [4.78, 5) is 0. The van der Waals surface area contributed by atoms with Gasteiger partial charge in [-0.15, -0.1) is 0 Å². The van der Waals surface area contributed by atoms with Gasteiger partial charge < -0.3 is 5.32 Å². The lowest BCUT2D eigenvalue weighted by Gasteiger charge is -2.16. The number of halogens is 2. The van der Waals surface area contributed by atoms with Crippen molar-refractivity contribution < 1.29 is 12.8 Å². The Balaban J connectivity index is 2.54. The van der Waals surface area contributed by atoms with Crippen molar-refractivity contribution in [2.24, 2.45) is 0 Å². The van der Waals surface area contributed by atoms with Gasteiger partial charge in [-0.25, -0.2) is 17.5 Å². The molecule has 0 aliphatic carbocycles. The van der Waals surface area contributed by atoms with Crippen molar-refractivity contribution in [3.8, 4) is 0 Å². The van der Waals surface area contributed by atoms with Gasteiger partial charge in [0.25, 0.3) is 0 Å². The van der Waals surface area contributed by atoms with Crippen molar-refractivity contribution >= 4 is 26.0 Å². The largest absolute Gasteiger partial charge is 0.309 e. The molecule has 0 aliphatic heterocycles. The zero-order valence-corrected chi connectivity index (χ0v) is 13.3. The maximum atomic E-state index is 13.0. The molecule has 1 aromatic carbocycles. The monoisotopic (exact) mass is 352 g/mol. The lowest BCUT2D eigenvalue weighted by molar-refractivity contribution is 0.562. The van der Waals surface area contributed by atoms with Crippen LogP contribution in [0.1, 0.15) is 25.5 Å². The van der Waals surface area contributed by atoms with E-state index >= 15 is 0 Å². The summed E-state index contributed by atoms with van der Waals surface area (Å²) in [5, 5.41) is 3.10. The third-order valence-corrected chi connectivity index (χ3v) is 4.77. The van der Waals surface area contributed by atoms with E-state index in [4.69, 9.17) is 0 Å². The SMILES string of the molecule is CCNS(=O)(=O)CCNC(C)c1ccc(F)cc1Br. The minimum absolute atomic E-state index is 0.0179. The average molecular weight is 353 g/mol. The van der Waals surface area contributed by atoms with Gasteiger partial charge in [0.1, 0.15) is 5.82 Å². The Hall–Kier alpha value is -0.500. The number of sulfonamides is 1. The van der Waals surface area contributed by atoms with Gasteiger partial charge in [0, 0.05) is 23.6 Å². The van der Waals surface area contributed by atoms with Crippen LogP contribution >= 0.6 is 15.9 Å². The molecule has 7 heteroatoms. The van der Waals surface area contributed by atoms with Crippen LogP contribution in [0.15, 0.2) is 22.7 Å². The highest BCUT2D eigenvalue weighted by atomic mass is 79.9. The van der Waals surface area contributed by atoms with Gasteiger partial charge in [0.05, 0.1) is 5.75 Å². The second kappa shape index (κ2) is 7.33. The molecule has 0 fully saturated rings. The lowest BCUT2D eigenvalue weighted by atomic mass is 10.1. The van der Waals surface area contributed by atoms with E-state index in [0.717, 1.165) is 5.56 Å². The molecule has 0 saturated heterocycles. The number of nitrogens with one attached hydrogen (secondary N) is 2. The topological polar surface area (TPSA) is 58.2 Å². The summed E-state index contributed by atoms with van der Waals surface area (Å²) in [6.07, 6.45) is 0. The smallest absolute Gasteiger partial charge is 0.212 e. The number of hydrogen-bond donors (Lipinski definition) is 2. The number of benzene rings is 1. The molecule has 1 rings (SSSR count). The minimum Gasteiger partial charge on any atom is -0.309 e. The zero-order valence-electron chi connectivity index (χ0n) is 10.9. The Morgan fingerprint density at radius 3 is 2.68 bits per heavy atom. The van der Waals surface area contributed by atoms with E-state index in [9.17, 15) is 12.8 Å². The Labute approximate surface area is 122 Å². The predicted octanol–water partition coefficient (Wildman–Crippen LogP) is 2.18. The predicted molar refractivity (Wildman–Crippen MR) is 78.0 cm³/mol. The molecule has 1 atom stereocenters. The highest BCUT2D eigenvalue weighted by Crippen LogP contribution is 2.23. The highest BCUT2D eigenvalue weighted by Gasteiger charge is 2.12. The zero-order chi connectivity index (χ0) is 14.5. The minimum atomic E-state index is -3.21. The molecule has 0 aliphatic rings. The lowest BCUT2D eigenvalue weighted by Crippen LogP contribution is -2.32. The molecule has 19 heavy (non-hydrogen) atoms. The fraction of sp³-hybridized carbons (Fsp3) is 0.500. The maximum absolute atomic E-state index is 13.0. The van der Waals surface area contributed by atoms with Gasteiger partial charge in [0.2, 0.25) is 10.0 Å². The summed E-state index contributed by atoms with van der Waals surface area (Å²) >= 11 is 3.29. The van der Waals surface area contributed by atoms with Gasteiger partial charge in [-0.05, 0) is 24.6 Å². The summed E-state index contributed by atoms with van der Waals surface area (Å²) in [6, 6.07) is 4.39. The molecule has 1 unspecified atom stereocenters. The van der Waals surface area contributed by atoms with Crippen molar-refractivity contribution in [2.45, 2.75) is 19.9 Å². The van der Waals surface area contributed by atoms with Crippen LogP contribution < -0.4 is 10.0 Å². The first-order valence-electron chi connectivity index (χ1n) is 6.01. The molecule has 2 N–H and O–H groups in total. The Morgan fingerprint density at radius 2 is 2.11 bits per heavy atom. The van der Waals surface area contributed by atoms with E-state index in [1.807, 2.05) is 6.92 Å². The van der Waals surface area contributed by atoms with Crippen LogP contribution in [0.2, 0.25) is 0 Å². The number of rotatable bonds is 7. The van der Waals surface area contributed by atoms with Crippen LogP contribution in [0.5, 0.6) is 0 Å². The Kier molecular flexibility index (Phi) is 6.38. The van der Waals surface area contributed by atoms with Gasteiger partial charge in [-0.1, -0.05) is 28.9 Å². The molecule has 0 radical (unpaired) electrons. The van der Waals surface area contributed by atoms with Crippen LogP contribution in [0.25, 0.3) is 0 Å². The summed E-state index contributed by atoms with van der Waals surface area (Å²) in [6.45, 7) is 4.36. The van der Waals surface area contributed by atoms with Crippen LogP contribution in [0, 0.1) is 5.82 Å². The van der Waals surface area contributed by atoms with Crippen LogP contribution in [0.3, 0.4) is 0 Å². The van der Waals surface area contributed by atoms with Crippen molar-refractivity contribution in [1.82, 2.24) is 10.0 Å². The van der Waals surface area contributed by atoms with E-state index in [0.29, 0.717) is 17.6 Å². The van der Waals surface area contributed by atoms with E-state index in [2.05, 4.69) is 26.0 Å². The molecular formula is C12H18BrFN2O2S. The highest BCUT2D eigenvalue weighted by molar-refractivity contribution is 9.10. The van der Waals surface area contributed by atoms with Gasteiger partial charge in [-0.2, -0.15) is 0 Å². The van der Waals surface area contributed by atoms with E-state index in [1.54, 1.807) is 13.0 Å². The third-order valence-electron chi connectivity index (χ3n) is 2.61. The van der Waals surface area contributed by atoms with Gasteiger partial charge in [0.15, 0.2) is 0 Å². The number of hydrogen-bond acceptors (Lipinski definition) is 3. The first-order chi connectivity index (χ1) is 8.85. The first kappa shape index (κ1) is 16.6. The average Bonchev–Trinajstić information content (AvgIpc) is 2.28.